The molecular weight excluding hydrogens is 295 g/mol. The molecule has 5 heteroatoms. The van der Waals surface area contributed by atoms with Gasteiger partial charge in [0.15, 0.2) is 11.7 Å². The number of hydrogen-bond donors (Lipinski definition) is 1. The van der Waals surface area contributed by atoms with Gasteiger partial charge in [-0.2, -0.15) is 0 Å². The molecule has 0 amide bonds. The third kappa shape index (κ3) is 4.23. The first kappa shape index (κ1) is 15.4. The second-order valence-electron chi connectivity index (χ2n) is 4.96. The molecule has 1 aromatic carbocycles. The van der Waals surface area contributed by atoms with E-state index in [9.17, 15) is 0 Å². The molecule has 1 aromatic heterocycles. The summed E-state index contributed by atoms with van der Waals surface area (Å²) in [5.41, 5.74) is 0.887. The second kappa shape index (κ2) is 7.11. The van der Waals surface area contributed by atoms with Gasteiger partial charge >= 0.3 is 0 Å². The first-order chi connectivity index (χ1) is 9.56. The molecule has 0 aliphatic rings. The van der Waals surface area contributed by atoms with Crippen molar-refractivity contribution in [3.05, 3.63) is 40.3 Å². The van der Waals surface area contributed by atoms with E-state index in [0.29, 0.717) is 16.1 Å². The Morgan fingerprint density at radius 3 is 2.75 bits per heavy atom. The van der Waals surface area contributed by atoms with Crippen molar-refractivity contribution < 1.29 is 4.42 Å². The summed E-state index contributed by atoms with van der Waals surface area (Å²) in [5.74, 6) is 1.46. The maximum atomic E-state index is 6.00. The SMILES string of the molecule is CC(C)NCCCc1ncc(-c2ccc(Cl)c(Cl)c2)o1. The van der Waals surface area contributed by atoms with E-state index in [0.717, 1.165) is 36.6 Å². The number of halogens is 2. The fraction of sp³-hybridized carbons (Fsp3) is 0.400. The van der Waals surface area contributed by atoms with E-state index in [4.69, 9.17) is 27.6 Å². The number of nitrogens with zero attached hydrogens (tertiary/aromatic N) is 1. The molecule has 0 saturated heterocycles. The standard InChI is InChI=1S/C15H18Cl2N2O/c1-10(2)18-7-3-4-15-19-9-14(20-15)11-5-6-12(16)13(17)8-11/h5-6,8-10,18H,3-4,7H2,1-2H3. The van der Waals surface area contributed by atoms with Gasteiger partial charge in [-0.25, -0.2) is 4.98 Å². The maximum Gasteiger partial charge on any atom is 0.194 e. The Labute approximate surface area is 129 Å². The molecule has 0 spiro atoms. The minimum Gasteiger partial charge on any atom is -0.441 e. The van der Waals surface area contributed by atoms with Crippen molar-refractivity contribution in [2.75, 3.05) is 6.54 Å². The van der Waals surface area contributed by atoms with Crippen molar-refractivity contribution in [2.45, 2.75) is 32.7 Å². The number of benzene rings is 1. The van der Waals surface area contributed by atoms with Crippen molar-refractivity contribution in [2.24, 2.45) is 0 Å². The Balaban J connectivity index is 1.96. The molecule has 0 fully saturated rings. The van der Waals surface area contributed by atoms with Gasteiger partial charge in [0, 0.05) is 18.0 Å². The van der Waals surface area contributed by atoms with E-state index >= 15 is 0 Å². The van der Waals surface area contributed by atoms with E-state index in [1.807, 2.05) is 6.07 Å². The Kier molecular flexibility index (Phi) is 5.46. The molecule has 20 heavy (non-hydrogen) atoms. The van der Waals surface area contributed by atoms with Crippen LogP contribution in [0.5, 0.6) is 0 Å². The third-order valence-electron chi connectivity index (χ3n) is 2.88. The summed E-state index contributed by atoms with van der Waals surface area (Å²) in [5, 5.41) is 4.42. The van der Waals surface area contributed by atoms with Crippen LogP contribution in [-0.2, 0) is 6.42 Å². The fourth-order valence-corrected chi connectivity index (χ4v) is 2.14. The molecule has 0 aliphatic carbocycles. The average Bonchev–Trinajstić information content (AvgIpc) is 2.86. The molecule has 0 atom stereocenters. The molecule has 0 saturated carbocycles. The quantitative estimate of drug-likeness (QED) is 0.793. The maximum absolute atomic E-state index is 6.00. The Hall–Kier alpha value is -1.03. The lowest BCUT2D eigenvalue weighted by Crippen LogP contribution is -2.23. The molecule has 3 nitrogen and oxygen atoms in total. The molecular formula is C15H18Cl2N2O. The molecule has 1 N–H and O–H groups in total. The van der Waals surface area contributed by atoms with Crippen LogP contribution in [0.2, 0.25) is 10.0 Å². The van der Waals surface area contributed by atoms with E-state index < -0.39 is 0 Å². The van der Waals surface area contributed by atoms with Crippen LogP contribution in [0.15, 0.2) is 28.8 Å². The largest absolute Gasteiger partial charge is 0.441 e. The van der Waals surface area contributed by atoms with Crippen LogP contribution in [0.3, 0.4) is 0 Å². The van der Waals surface area contributed by atoms with Gasteiger partial charge in [-0.3, -0.25) is 0 Å². The number of oxazole rings is 1. The van der Waals surface area contributed by atoms with Crippen LogP contribution < -0.4 is 5.32 Å². The van der Waals surface area contributed by atoms with Gasteiger partial charge in [-0.15, -0.1) is 0 Å². The lowest BCUT2D eigenvalue weighted by Gasteiger charge is -2.05. The van der Waals surface area contributed by atoms with E-state index in [1.165, 1.54) is 0 Å². The summed E-state index contributed by atoms with van der Waals surface area (Å²) in [7, 11) is 0. The van der Waals surface area contributed by atoms with Gasteiger partial charge in [-0.1, -0.05) is 37.0 Å². The molecule has 0 bridgehead atoms. The average molecular weight is 313 g/mol. The van der Waals surface area contributed by atoms with Gasteiger partial charge < -0.3 is 9.73 Å². The van der Waals surface area contributed by atoms with Crippen molar-refractivity contribution in [1.82, 2.24) is 10.3 Å². The lowest BCUT2D eigenvalue weighted by atomic mass is 10.2. The molecule has 0 unspecified atom stereocenters. The molecule has 108 valence electrons. The van der Waals surface area contributed by atoms with Gasteiger partial charge in [0.05, 0.1) is 16.2 Å². The van der Waals surface area contributed by atoms with Gasteiger partial charge in [-0.05, 0) is 31.2 Å². The first-order valence-electron chi connectivity index (χ1n) is 6.70. The Morgan fingerprint density at radius 1 is 1.25 bits per heavy atom. The van der Waals surface area contributed by atoms with Crippen LogP contribution in [0.1, 0.15) is 26.2 Å². The topological polar surface area (TPSA) is 38.1 Å². The number of nitrogens with one attached hydrogen (secondary N) is 1. The minimum absolute atomic E-state index is 0.506. The summed E-state index contributed by atoms with van der Waals surface area (Å²) >= 11 is 11.9. The summed E-state index contributed by atoms with van der Waals surface area (Å²) in [6.07, 6.45) is 3.55. The molecule has 0 radical (unpaired) electrons. The second-order valence-corrected chi connectivity index (χ2v) is 5.77. The molecule has 2 rings (SSSR count). The molecule has 0 aliphatic heterocycles. The third-order valence-corrected chi connectivity index (χ3v) is 3.62. The molecule has 1 heterocycles. The van der Waals surface area contributed by atoms with Gasteiger partial charge in [0.25, 0.3) is 0 Å². The van der Waals surface area contributed by atoms with Crippen molar-refractivity contribution in [1.29, 1.82) is 0 Å². The molecule has 2 aromatic rings. The Morgan fingerprint density at radius 2 is 2.05 bits per heavy atom. The summed E-state index contributed by atoms with van der Waals surface area (Å²) in [6.45, 7) is 5.23. The zero-order valence-electron chi connectivity index (χ0n) is 11.6. The van der Waals surface area contributed by atoms with Crippen molar-refractivity contribution in [3.8, 4) is 11.3 Å². The van der Waals surface area contributed by atoms with Crippen LogP contribution in [0, 0.1) is 0 Å². The van der Waals surface area contributed by atoms with Gasteiger partial charge in [0.1, 0.15) is 0 Å². The van der Waals surface area contributed by atoms with Crippen LogP contribution in [0.25, 0.3) is 11.3 Å². The summed E-state index contributed by atoms with van der Waals surface area (Å²) < 4.78 is 5.73. The zero-order valence-corrected chi connectivity index (χ0v) is 13.1. The van der Waals surface area contributed by atoms with Gasteiger partial charge in [0.2, 0.25) is 0 Å². The first-order valence-corrected chi connectivity index (χ1v) is 7.45. The van der Waals surface area contributed by atoms with E-state index in [1.54, 1.807) is 18.3 Å². The highest BCUT2D eigenvalue weighted by Crippen LogP contribution is 2.28. The normalized spacial score (nSPS) is 11.2. The van der Waals surface area contributed by atoms with Crippen LogP contribution in [0.4, 0.5) is 0 Å². The van der Waals surface area contributed by atoms with E-state index in [2.05, 4.69) is 24.1 Å². The number of aromatic nitrogens is 1. The highest BCUT2D eigenvalue weighted by atomic mass is 35.5. The van der Waals surface area contributed by atoms with Crippen molar-refractivity contribution >= 4 is 23.2 Å². The number of rotatable bonds is 6. The van der Waals surface area contributed by atoms with Crippen molar-refractivity contribution in [3.63, 3.8) is 0 Å². The highest BCUT2D eigenvalue weighted by Gasteiger charge is 2.08. The Bertz CT molecular complexity index is 567. The zero-order chi connectivity index (χ0) is 14.5. The monoisotopic (exact) mass is 312 g/mol. The van der Waals surface area contributed by atoms with E-state index in [-0.39, 0.29) is 0 Å². The highest BCUT2D eigenvalue weighted by molar-refractivity contribution is 6.42. The summed E-state index contributed by atoms with van der Waals surface area (Å²) in [4.78, 5) is 4.29. The number of aryl methyl sites for hydroxylation is 1. The predicted octanol–water partition coefficient (Wildman–Crippen LogP) is 4.58. The minimum atomic E-state index is 0.506. The smallest absolute Gasteiger partial charge is 0.194 e. The summed E-state index contributed by atoms with van der Waals surface area (Å²) in [6, 6.07) is 5.92. The van der Waals surface area contributed by atoms with Crippen LogP contribution in [-0.4, -0.2) is 17.6 Å². The number of hydrogen-bond acceptors (Lipinski definition) is 3. The fourth-order valence-electron chi connectivity index (χ4n) is 1.84. The lowest BCUT2D eigenvalue weighted by molar-refractivity contribution is 0.484. The predicted molar refractivity (Wildman–Crippen MR) is 83.4 cm³/mol. The van der Waals surface area contributed by atoms with Crippen LogP contribution >= 0.6 is 23.2 Å².